The minimum absolute atomic E-state index is 0.138. The van der Waals surface area contributed by atoms with Crippen LogP contribution in [-0.4, -0.2) is 23.6 Å². The predicted molar refractivity (Wildman–Crippen MR) is 86.0 cm³/mol. The Labute approximate surface area is 135 Å². The lowest BCUT2D eigenvalue weighted by Gasteiger charge is -2.07. The first-order valence-corrected chi connectivity index (χ1v) is 7.83. The largest absolute Gasteiger partial charge is 0.296 e. The molecule has 0 atom stereocenters. The second-order valence-corrected chi connectivity index (χ2v) is 4.80. The van der Waals surface area contributed by atoms with Crippen molar-refractivity contribution in [3.63, 3.8) is 0 Å². The maximum Gasteiger partial charge on any atom is 0.259 e. The summed E-state index contributed by atoms with van der Waals surface area (Å²) < 4.78 is 0. The molecule has 1 aromatic rings. The summed E-state index contributed by atoms with van der Waals surface area (Å²) in [5.41, 5.74) is 1.99. The third-order valence-electron chi connectivity index (χ3n) is 3.32. The maximum absolute atomic E-state index is 11.3. The van der Waals surface area contributed by atoms with Crippen LogP contribution in [0.25, 0.3) is 0 Å². The van der Waals surface area contributed by atoms with E-state index in [1.165, 1.54) is 0 Å². The summed E-state index contributed by atoms with van der Waals surface area (Å²) in [4.78, 5) is 43.2. The topological polar surface area (TPSA) is 92.3 Å². The second-order valence-electron chi connectivity index (χ2n) is 4.80. The van der Waals surface area contributed by atoms with E-state index in [0.29, 0.717) is 30.4 Å². The summed E-state index contributed by atoms with van der Waals surface area (Å²) in [5, 5.41) is 4.48. The molecule has 0 bridgehead atoms. The lowest BCUT2D eigenvalue weighted by Crippen LogP contribution is -2.33. The number of imide groups is 2. The van der Waals surface area contributed by atoms with Crippen molar-refractivity contribution in [2.45, 2.75) is 46.5 Å². The third kappa shape index (κ3) is 4.74. The number of carbonyl (C=O) groups is 4. The molecule has 3 rings (SSSR count). The molecule has 0 unspecified atom stereocenters. The Bertz CT molecular complexity index is 609. The van der Waals surface area contributed by atoms with E-state index in [1.807, 2.05) is 26.8 Å². The number of hydrogen-bond acceptors (Lipinski definition) is 4. The summed E-state index contributed by atoms with van der Waals surface area (Å²) in [7, 11) is 0. The number of nitrogens with one attached hydrogen (secondary N) is 2. The van der Waals surface area contributed by atoms with Crippen LogP contribution in [0.2, 0.25) is 0 Å². The van der Waals surface area contributed by atoms with Crippen LogP contribution >= 0.6 is 0 Å². The maximum atomic E-state index is 11.3. The lowest BCUT2D eigenvalue weighted by molar-refractivity contribution is -0.132. The van der Waals surface area contributed by atoms with Gasteiger partial charge in [0, 0.05) is 12.8 Å². The Hall–Kier alpha value is -2.50. The number of rotatable bonds is 1. The molecule has 0 spiro atoms. The standard InChI is InChI=1S/C10H9NO2.C5H7NO2.C2H6/c1-2-6-4-3-5-7-8(6)10(13)11-9(7)12;7-4-2-1-3-5(8)6-4;1-2/h3-5H,2H2,1H3,(H,11,12,13);1-3H2,(H,6,7,8);1-2H3. The first kappa shape index (κ1) is 18.5. The first-order chi connectivity index (χ1) is 11.0. The van der Waals surface area contributed by atoms with E-state index in [-0.39, 0.29) is 23.6 Å². The molecule has 0 saturated carbocycles. The highest BCUT2D eigenvalue weighted by Gasteiger charge is 2.28. The third-order valence-corrected chi connectivity index (χ3v) is 3.32. The van der Waals surface area contributed by atoms with Crippen LogP contribution in [0, 0.1) is 0 Å². The molecule has 2 heterocycles. The number of aryl methyl sites for hydroxylation is 1. The van der Waals surface area contributed by atoms with Crippen molar-refractivity contribution in [3.05, 3.63) is 34.9 Å². The molecular weight excluding hydrogens is 296 g/mol. The molecule has 23 heavy (non-hydrogen) atoms. The fourth-order valence-electron chi connectivity index (χ4n) is 2.28. The van der Waals surface area contributed by atoms with Crippen molar-refractivity contribution in [1.82, 2.24) is 10.6 Å². The number of carbonyl (C=O) groups excluding carboxylic acids is 4. The molecule has 4 amide bonds. The highest BCUT2D eigenvalue weighted by Crippen LogP contribution is 2.19. The monoisotopic (exact) mass is 318 g/mol. The Morgan fingerprint density at radius 2 is 1.52 bits per heavy atom. The number of fused-ring (bicyclic) bond motifs is 1. The van der Waals surface area contributed by atoms with Gasteiger partial charge in [-0.15, -0.1) is 0 Å². The Kier molecular flexibility index (Phi) is 7.12. The van der Waals surface area contributed by atoms with Gasteiger partial charge in [0.15, 0.2) is 0 Å². The van der Waals surface area contributed by atoms with Gasteiger partial charge in [-0.05, 0) is 24.5 Å². The van der Waals surface area contributed by atoms with Crippen LogP contribution in [0.15, 0.2) is 18.2 Å². The number of hydrogen-bond donors (Lipinski definition) is 2. The van der Waals surface area contributed by atoms with Gasteiger partial charge in [0.05, 0.1) is 11.1 Å². The van der Waals surface area contributed by atoms with Crippen LogP contribution in [-0.2, 0) is 16.0 Å². The molecule has 0 radical (unpaired) electrons. The molecular formula is C17H22N2O4. The van der Waals surface area contributed by atoms with Gasteiger partial charge in [0.25, 0.3) is 11.8 Å². The normalized spacial score (nSPS) is 15.4. The molecule has 1 saturated heterocycles. The van der Waals surface area contributed by atoms with Crippen molar-refractivity contribution in [1.29, 1.82) is 0 Å². The highest BCUT2D eigenvalue weighted by molar-refractivity contribution is 6.22. The minimum Gasteiger partial charge on any atom is -0.296 e. The van der Waals surface area contributed by atoms with Crippen LogP contribution in [0.4, 0.5) is 0 Å². The van der Waals surface area contributed by atoms with Crippen molar-refractivity contribution in [2.75, 3.05) is 0 Å². The quantitative estimate of drug-likeness (QED) is 0.774. The average molecular weight is 318 g/mol. The molecule has 2 aliphatic heterocycles. The summed E-state index contributed by atoms with van der Waals surface area (Å²) in [6.45, 7) is 5.96. The summed E-state index contributed by atoms with van der Waals surface area (Å²) in [5.74, 6) is -0.824. The number of piperidine rings is 1. The van der Waals surface area contributed by atoms with Crippen LogP contribution in [0.3, 0.4) is 0 Å². The van der Waals surface area contributed by atoms with Gasteiger partial charge >= 0.3 is 0 Å². The molecule has 1 aromatic carbocycles. The highest BCUT2D eigenvalue weighted by atomic mass is 16.2. The zero-order valence-electron chi connectivity index (χ0n) is 13.7. The SMILES string of the molecule is CC.CCc1cccc2c1C(=O)NC2=O.O=C1CCCC(=O)N1. The van der Waals surface area contributed by atoms with Gasteiger partial charge in [0.1, 0.15) is 0 Å². The molecule has 2 N–H and O–H groups in total. The van der Waals surface area contributed by atoms with Crippen molar-refractivity contribution in [3.8, 4) is 0 Å². The van der Waals surface area contributed by atoms with Gasteiger partial charge in [-0.25, -0.2) is 0 Å². The van der Waals surface area contributed by atoms with E-state index in [1.54, 1.807) is 12.1 Å². The van der Waals surface area contributed by atoms with E-state index in [4.69, 9.17) is 0 Å². The molecule has 6 heteroatoms. The molecule has 1 fully saturated rings. The van der Waals surface area contributed by atoms with Crippen LogP contribution in [0.1, 0.15) is 66.3 Å². The summed E-state index contributed by atoms with van der Waals surface area (Å²) in [6, 6.07) is 5.35. The van der Waals surface area contributed by atoms with E-state index in [9.17, 15) is 19.2 Å². The van der Waals surface area contributed by atoms with Crippen molar-refractivity contribution in [2.24, 2.45) is 0 Å². The lowest BCUT2D eigenvalue weighted by atomic mass is 10.0. The fourth-order valence-corrected chi connectivity index (χ4v) is 2.28. The average Bonchev–Trinajstić information content (AvgIpc) is 2.84. The fraction of sp³-hybridized carbons (Fsp3) is 0.412. The van der Waals surface area contributed by atoms with Crippen molar-refractivity contribution >= 4 is 23.6 Å². The Balaban J connectivity index is 0.000000228. The predicted octanol–water partition coefficient (Wildman–Crippen LogP) is 1.97. The summed E-state index contributed by atoms with van der Waals surface area (Å²) >= 11 is 0. The van der Waals surface area contributed by atoms with Gasteiger partial charge in [0.2, 0.25) is 11.8 Å². The molecule has 124 valence electrons. The van der Waals surface area contributed by atoms with Crippen molar-refractivity contribution < 1.29 is 19.2 Å². The molecule has 0 aromatic heterocycles. The smallest absolute Gasteiger partial charge is 0.259 e. The van der Waals surface area contributed by atoms with E-state index < -0.39 is 0 Å². The van der Waals surface area contributed by atoms with E-state index in [0.717, 1.165) is 12.0 Å². The van der Waals surface area contributed by atoms with E-state index in [2.05, 4.69) is 10.6 Å². The Morgan fingerprint density at radius 3 is 2.00 bits per heavy atom. The first-order valence-electron chi connectivity index (χ1n) is 7.83. The van der Waals surface area contributed by atoms with Gasteiger partial charge in [-0.2, -0.15) is 0 Å². The van der Waals surface area contributed by atoms with E-state index >= 15 is 0 Å². The number of amides is 4. The Morgan fingerprint density at radius 1 is 0.913 bits per heavy atom. The molecule has 6 nitrogen and oxygen atoms in total. The van der Waals surface area contributed by atoms with Gasteiger partial charge in [-0.3, -0.25) is 29.8 Å². The van der Waals surface area contributed by atoms with Gasteiger partial charge < -0.3 is 0 Å². The zero-order chi connectivity index (χ0) is 17.4. The number of benzene rings is 1. The molecule has 2 aliphatic rings. The van der Waals surface area contributed by atoms with Gasteiger partial charge in [-0.1, -0.05) is 32.9 Å². The second kappa shape index (κ2) is 8.82. The van der Waals surface area contributed by atoms with Crippen LogP contribution in [0.5, 0.6) is 0 Å². The summed E-state index contributed by atoms with van der Waals surface area (Å²) in [6.07, 6.45) is 2.49. The molecule has 0 aliphatic carbocycles. The van der Waals surface area contributed by atoms with Crippen LogP contribution < -0.4 is 10.6 Å². The zero-order valence-corrected chi connectivity index (χ0v) is 13.7. The minimum atomic E-state index is -0.282.